The largest absolute Gasteiger partial charge is 0.497 e. The van der Waals surface area contributed by atoms with E-state index in [2.05, 4.69) is 15.3 Å². The molecular formula is C29H23N3O5. The third-order valence-electron chi connectivity index (χ3n) is 5.53. The fraction of sp³-hybridized carbons (Fsp3) is 0.0690. The van der Waals surface area contributed by atoms with Gasteiger partial charge in [0.05, 0.1) is 23.7 Å². The first-order valence-corrected chi connectivity index (χ1v) is 11.5. The first kappa shape index (κ1) is 23.6. The van der Waals surface area contributed by atoms with E-state index in [1.54, 1.807) is 49.6 Å². The Balaban J connectivity index is 1.16. The number of rotatable bonds is 8. The number of H-pyrrole nitrogens is 1. The summed E-state index contributed by atoms with van der Waals surface area (Å²) in [6.45, 7) is -0.417. The minimum Gasteiger partial charge on any atom is -0.497 e. The number of anilines is 1. The number of ether oxygens (including phenoxy) is 3. The van der Waals surface area contributed by atoms with Gasteiger partial charge in [0.2, 0.25) is 0 Å². The van der Waals surface area contributed by atoms with E-state index in [0.29, 0.717) is 33.9 Å². The first-order valence-electron chi connectivity index (χ1n) is 11.5. The molecule has 4 aromatic carbocycles. The van der Waals surface area contributed by atoms with Crippen molar-refractivity contribution in [2.75, 3.05) is 19.0 Å². The van der Waals surface area contributed by atoms with Crippen LogP contribution in [0.3, 0.4) is 0 Å². The van der Waals surface area contributed by atoms with Crippen molar-refractivity contribution >= 4 is 28.6 Å². The van der Waals surface area contributed by atoms with E-state index in [-0.39, 0.29) is 0 Å². The molecule has 5 rings (SSSR count). The second kappa shape index (κ2) is 10.7. The molecule has 2 N–H and O–H groups in total. The molecular weight excluding hydrogens is 470 g/mol. The molecule has 184 valence electrons. The Labute approximate surface area is 212 Å². The molecule has 1 amide bonds. The zero-order chi connectivity index (χ0) is 25.6. The molecule has 0 aliphatic rings. The highest BCUT2D eigenvalue weighted by molar-refractivity contribution is 5.97. The summed E-state index contributed by atoms with van der Waals surface area (Å²) in [5.41, 5.74) is 3.15. The lowest BCUT2D eigenvalue weighted by atomic mass is 10.2. The summed E-state index contributed by atoms with van der Waals surface area (Å²) in [5.74, 6) is 1.72. The average Bonchev–Trinajstić information content (AvgIpc) is 3.37. The zero-order valence-electron chi connectivity index (χ0n) is 19.9. The molecule has 0 atom stereocenters. The molecule has 0 aliphatic carbocycles. The summed E-state index contributed by atoms with van der Waals surface area (Å²) < 4.78 is 16.1. The molecule has 1 heterocycles. The Kier molecular flexibility index (Phi) is 6.80. The van der Waals surface area contributed by atoms with E-state index in [0.717, 1.165) is 17.1 Å². The molecule has 1 aromatic heterocycles. The lowest BCUT2D eigenvalue weighted by molar-refractivity contribution is -0.119. The van der Waals surface area contributed by atoms with Crippen molar-refractivity contribution in [2.24, 2.45) is 0 Å². The van der Waals surface area contributed by atoms with Gasteiger partial charge in [0, 0.05) is 11.3 Å². The Morgan fingerprint density at radius 3 is 2.27 bits per heavy atom. The molecule has 0 spiro atoms. The van der Waals surface area contributed by atoms with Crippen LogP contribution in [-0.2, 0) is 9.53 Å². The van der Waals surface area contributed by atoms with Gasteiger partial charge >= 0.3 is 5.97 Å². The van der Waals surface area contributed by atoms with Crippen LogP contribution in [0.5, 0.6) is 17.2 Å². The van der Waals surface area contributed by atoms with E-state index in [1.807, 2.05) is 54.6 Å². The van der Waals surface area contributed by atoms with Gasteiger partial charge in [0.25, 0.3) is 5.91 Å². The maximum Gasteiger partial charge on any atom is 0.338 e. The molecule has 8 heteroatoms. The van der Waals surface area contributed by atoms with Crippen molar-refractivity contribution < 1.29 is 23.8 Å². The van der Waals surface area contributed by atoms with Gasteiger partial charge in [-0.2, -0.15) is 0 Å². The van der Waals surface area contributed by atoms with Crippen LogP contribution >= 0.6 is 0 Å². The second-order valence-electron chi connectivity index (χ2n) is 8.11. The van der Waals surface area contributed by atoms with Crippen LogP contribution < -0.4 is 14.8 Å². The molecule has 0 unspecified atom stereocenters. The van der Waals surface area contributed by atoms with Crippen molar-refractivity contribution in [3.63, 3.8) is 0 Å². The number of hydrogen-bond donors (Lipinski definition) is 2. The highest BCUT2D eigenvalue weighted by Gasteiger charge is 2.13. The third kappa shape index (κ3) is 5.76. The standard InChI is InChI=1S/C29H23N3O5/c1-35-22-12-7-19(8-13-22)28-31-25-16-9-20(17-26(25)32-28)29(34)36-18-27(33)30-21-10-14-24(15-11-21)37-23-5-3-2-4-6-23/h2-17H,18H2,1H3,(H,30,33)(H,31,32). The SMILES string of the molecule is COc1ccc(-c2nc3ccc(C(=O)OCC(=O)Nc4ccc(Oc5ccccc5)cc4)cc3[nH]2)cc1. The Bertz CT molecular complexity index is 1530. The van der Waals surface area contributed by atoms with Crippen molar-refractivity contribution in [3.05, 3.63) is 103 Å². The monoisotopic (exact) mass is 493 g/mol. The van der Waals surface area contributed by atoms with Crippen molar-refractivity contribution in [1.82, 2.24) is 9.97 Å². The molecule has 0 saturated carbocycles. The number of amides is 1. The van der Waals surface area contributed by atoms with Crippen LogP contribution in [0.4, 0.5) is 5.69 Å². The summed E-state index contributed by atoms with van der Waals surface area (Å²) >= 11 is 0. The van der Waals surface area contributed by atoms with E-state index in [1.165, 1.54) is 0 Å². The number of imidazole rings is 1. The zero-order valence-corrected chi connectivity index (χ0v) is 19.9. The first-order chi connectivity index (χ1) is 18.1. The maximum absolute atomic E-state index is 12.5. The van der Waals surface area contributed by atoms with Gasteiger partial charge in [-0.1, -0.05) is 18.2 Å². The average molecular weight is 494 g/mol. The normalized spacial score (nSPS) is 10.6. The van der Waals surface area contributed by atoms with Crippen LogP contribution in [0.15, 0.2) is 97.1 Å². The molecule has 0 fully saturated rings. The third-order valence-corrected chi connectivity index (χ3v) is 5.53. The van der Waals surface area contributed by atoms with E-state index in [4.69, 9.17) is 14.2 Å². The Morgan fingerprint density at radius 1 is 0.838 bits per heavy atom. The van der Waals surface area contributed by atoms with E-state index >= 15 is 0 Å². The maximum atomic E-state index is 12.5. The van der Waals surface area contributed by atoms with Crippen LogP contribution in [0.2, 0.25) is 0 Å². The van der Waals surface area contributed by atoms with Gasteiger partial charge in [-0.25, -0.2) is 9.78 Å². The van der Waals surface area contributed by atoms with E-state index < -0.39 is 18.5 Å². The molecule has 0 radical (unpaired) electrons. The van der Waals surface area contributed by atoms with E-state index in [9.17, 15) is 9.59 Å². The number of carbonyl (C=O) groups excluding carboxylic acids is 2. The predicted octanol–water partition coefficient (Wildman–Crippen LogP) is 5.83. The number of methoxy groups -OCH3 is 1. The quantitative estimate of drug-likeness (QED) is 0.264. The van der Waals surface area contributed by atoms with Gasteiger partial charge in [-0.15, -0.1) is 0 Å². The number of fused-ring (bicyclic) bond motifs is 1. The van der Waals surface area contributed by atoms with Gasteiger partial charge in [0.1, 0.15) is 23.1 Å². The van der Waals surface area contributed by atoms with Crippen molar-refractivity contribution in [2.45, 2.75) is 0 Å². The predicted molar refractivity (Wildman–Crippen MR) is 140 cm³/mol. The smallest absolute Gasteiger partial charge is 0.338 e. The van der Waals surface area contributed by atoms with Crippen molar-refractivity contribution in [1.29, 1.82) is 0 Å². The summed E-state index contributed by atoms with van der Waals surface area (Å²) in [6, 6.07) is 28.8. The topological polar surface area (TPSA) is 103 Å². The number of para-hydroxylation sites is 1. The lowest BCUT2D eigenvalue weighted by Gasteiger charge is -2.09. The molecule has 0 saturated heterocycles. The molecule has 5 aromatic rings. The summed E-state index contributed by atoms with van der Waals surface area (Å²) in [4.78, 5) is 32.6. The van der Waals surface area contributed by atoms with Crippen LogP contribution in [0, 0.1) is 0 Å². The second-order valence-corrected chi connectivity index (χ2v) is 8.11. The summed E-state index contributed by atoms with van der Waals surface area (Å²) in [7, 11) is 1.61. The highest BCUT2D eigenvalue weighted by atomic mass is 16.5. The van der Waals surface area contributed by atoms with Crippen LogP contribution in [0.1, 0.15) is 10.4 Å². The molecule has 0 bridgehead atoms. The molecule has 0 aliphatic heterocycles. The minimum atomic E-state index is -0.607. The number of esters is 1. The summed E-state index contributed by atoms with van der Waals surface area (Å²) in [5, 5.41) is 2.70. The van der Waals surface area contributed by atoms with Gasteiger partial charge in [-0.3, -0.25) is 4.79 Å². The molecule has 8 nitrogen and oxygen atoms in total. The number of aromatic amines is 1. The number of aromatic nitrogens is 2. The lowest BCUT2D eigenvalue weighted by Crippen LogP contribution is -2.20. The number of benzene rings is 4. The number of nitrogens with zero attached hydrogens (tertiary/aromatic N) is 1. The minimum absolute atomic E-state index is 0.313. The molecule has 37 heavy (non-hydrogen) atoms. The Morgan fingerprint density at radius 2 is 1.54 bits per heavy atom. The van der Waals surface area contributed by atoms with Gasteiger partial charge in [-0.05, 0) is 78.9 Å². The van der Waals surface area contributed by atoms with Crippen LogP contribution in [-0.4, -0.2) is 35.6 Å². The van der Waals surface area contributed by atoms with Crippen LogP contribution in [0.25, 0.3) is 22.4 Å². The highest BCUT2D eigenvalue weighted by Crippen LogP contribution is 2.24. The van der Waals surface area contributed by atoms with Gasteiger partial charge in [0.15, 0.2) is 6.61 Å². The van der Waals surface area contributed by atoms with Gasteiger partial charge < -0.3 is 24.5 Å². The number of nitrogens with one attached hydrogen (secondary N) is 2. The summed E-state index contributed by atoms with van der Waals surface area (Å²) in [6.07, 6.45) is 0. The number of hydrogen-bond acceptors (Lipinski definition) is 6. The fourth-order valence-corrected chi connectivity index (χ4v) is 3.66. The van der Waals surface area contributed by atoms with Crippen molar-refractivity contribution in [3.8, 4) is 28.6 Å². The Hall–Kier alpha value is -5.11. The fourth-order valence-electron chi connectivity index (χ4n) is 3.66. The number of carbonyl (C=O) groups is 2.